The van der Waals surface area contributed by atoms with Crippen molar-refractivity contribution in [3.05, 3.63) is 106 Å². The first-order chi connectivity index (χ1) is 22.5. The fraction of sp³-hybridized carbons (Fsp3) is 0.286. The van der Waals surface area contributed by atoms with E-state index < -0.39 is 23.6 Å². The number of aliphatic hydroxyl groups excluding tert-OH is 1. The largest absolute Gasteiger partial charge is 0.382 e. The number of nitrogens with two attached hydrogens (primary N) is 2. The smallest absolute Gasteiger partial charge is 0.268 e. The number of nitrogen functional groups attached to an aromatic ring is 1. The molecule has 4 heterocycles. The van der Waals surface area contributed by atoms with Gasteiger partial charge < -0.3 is 21.9 Å². The summed E-state index contributed by atoms with van der Waals surface area (Å²) in [5, 5.41) is 17.9. The number of benzene rings is 2. The Labute approximate surface area is 271 Å². The molecule has 6 N–H and O–H groups in total. The molecule has 3 aromatic heterocycles. The maximum Gasteiger partial charge on any atom is 0.268 e. The van der Waals surface area contributed by atoms with Crippen molar-refractivity contribution in [1.29, 1.82) is 0 Å². The lowest BCUT2D eigenvalue weighted by molar-refractivity contribution is -0.0419. The Hall–Kier alpha value is -5.33. The number of nitrogens with one attached hydrogen (secondary N) is 1. The molecular formula is C35H38N8O4. The lowest BCUT2D eigenvalue weighted by atomic mass is 9.92. The zero-order valence-corrected chi connectivity index (χ0v) is 26.6. The Bertz CT molecular complexity index is 2010. The third kappa shape index (κ3) is 6.00. The van der Waals surface area contributed by atoms with Crippen LogP contribution in [-0.4, -0.2) is 60.3 Å². The van der Waals surface area contributed by atoms with Crippen molar-refractivity contribution in [2.24, 2.45) is 11.7 Å². The lowest BCUT2D eigenvalue weighted by Crippen LogP contribution is -2.43. The molecule has 0 saturated carbocycles. The highest BCUT2D eigenvalue weighted by molar-refractivity contribution is 6.06. The second kappa shape index (κ2) is 12.8. The van der Waals surface area contributed by atoms with Gasteiger partial charge in [-0.15, -0.1) is 0 Å². The fourth-order valence-electron chi connectivity index (χ4n) is 6.42. The van der Waals surface area contributed by atoms with Crippen LogP contribution in [0, 0.1) is 12.8 Å². The number of amides is 2. The number of para-hydroxylation sites is 1. The summed E-state index contributed by atoms with van der Waals surface area (Å²) in [4.78, 5) is 45.6. The summed E-state index contributed by atoms with van der Waals surface area (Å²) in [7, 11) is 0. The zero-order chi connectivity index (χ0) is 33.4. The quantitative estimate of drug-likeness (QED) is 0.199. The Morgan fingerprint density at radius 3 is 2.32 bits per heavy atom. The Morgan fingerprint density at radius 2 is 1.68 bits per heavy atom. The van der Waals surface area contributed by atoms with Crippen molar-refractivity contribution >= 4 is 28.8 Å². The fourth-order valence-corrected chi connectivity index (χ4v) is 6.42. The van der Waals surface area contributed by atoms with Gasteiger partial charge in [-0.05, 0) is 67.6 Å². The first kappa shape index (κ1) is 31.6. The van der Waals surface area contributed by atoms with Crippen LogP contribution >= 0.6 is 0 Å². The molecule has 1 unspecified atom stereocenters. The monoisotopic (exact) mass is 634 g/mol. The molecule has 5 aromatic rings. The molecular weight excluding hydrogens is 596 g/mol. The molecule has 12 nitrogen and oxygen atoms in total. The number of piperidine rings is 1. The number of nitrogens with zero attached hydrogens (tertiary/aromatic N) is 5. The van der Waals surface area contributed by atoms with E-state index in [0.717, 1.165) is 42.8 Å². The molecule has 47 heavy (non-hydrogen) atoms. The number of fused-ring (bicyclic) bond motifs is 1. The van der Waals surface area contributed by atoms with Crippen LogP contribution in [0.2, 0.25) is 0 Å². The molecule has 242 valence electrons. The van der Waals surface area contributed by atoms with E-state index in [1.807, 2.05) is 36.6 Å². The van der Waals surface area contributed by atoms with Crippen LogP contribution in [0.4, 0.5) is 11.5 Å². The topological polar surface area (TPSA) is 174 Å². The average Bonchev–Trinajstić information content (AvgIpc) is 3.46. The minimum atomic E-state index is -0.744. The number of hydrogen-bond acceptors (Lipinski definition) is 8. The van der Waals surface area contributed by atoms with Crippen LogP contribution in [0.25, 0.3) is 22.3 Å². The Kier molecular flexibility index (Phi) is 8.63. The predicted molar refractivity (Wildman–Crippen MR) is 180 cm³/mol. The van der Waals surface area contributed by atoms with E-state index >= 15 is 0 Å². The van der Waals surface area contributed by atoms with Gasteiger partial charge in [0.15, 0.2) is 5.82 Å². The third-order valence-electron chi connectivity index (χ3n) is 8.95. The van der Waals surface area contributed by atoms with Gasteiger partial charge in [0.05, 0.1) is 5.56 Å². The molecule has 2 aromatic carbocycles. The molecule has 6 rings (SSSR count). The number of anilines is 2. The van der Waals surface area contributed by atoms with E-state index in [1.54, 1.807) is 43.3 Å². The summed E-state index contributed by atoms with van der Waals surface area (Å²) >= 11 is 0. The van der Waals surface area contributed by atoms with Gasteiger partial charge in [-0.2, -0.15) is 5.10 Å². The summed E-state index contributed by atoms with van der Waals surface area (Å²) in [6.07, 6.45) is 2.72. The Balaban J connectivity index is 1.28. The number of likely N-dealkylation sites (tertiary alicyclic amines) is 1. The van der Waals surface area contributed by atoms with Gasteiger partial charge in [0.2, 0.25) is 0 Å². The summed E-state index contributed by atoms with van der Waals surface area (Å²) < 4.78 is 3.18. The normalized spacial score (nSPS) is 14.8. The first-order valence-corrected chi connectivity index (χ1v) is 15.6. The van der Waals surface area contributed by atoms with Crippen molar-refractivity contribution in [1.82, 2.24) is 24.1 Å². The molecule has 1 fully saturated rings. The van der Waals surface area contributed by atoms with Crippen LogP contribution in [0.3, 0.4) is 0 Å². The molecule has 1 aliphatic rings. The number of carbonyl (C=O) groups is 2. The molecule has 12 heteroatoms. The highest BCUT2D eigenvalue weighted by Crippen LogP contribution is 2.37. The number of aromatic nitrogens is 4. The van der Waals surface area contributed by atoms with Crippen molar-refractivity contribution in [3.63, 3.8) is 0 Å². The second-order valence-electron chi connectivity index (χ2n) is 12.3. The van der Waals surface area contributed by atoms with Crippen LogP contribution in [0.15, 0.2) is 77.9 Å². The van der Waals surface area contributed by atoms with Crippen molar-refractivity contribution < 1.29 is 14.7 Å². The minimum Gasteiger partial charge on any atom is -0.382 e. The molecule has 2 amide bonds. The molecule has 1 atom stereocenters. The summed E-state index contributed by atoms with van der Waals surface area (Å²) in [5.74, 6) is -0.681. The van der Waals surface area contributed by atoms with E-state index in [-0.39, 0.29) is 23.0 Å². The minimum absolute atomic E-state index is 0.0759. The Morgan fingerprint density at radius 1 is 1.00 bits per heavy atom. The standard InChI is InChI=1S/C35H38N8O4/c1-20(2)34(46)41-15-13-23(14-16-41)29-18-27(30-31(36)38-19-39-43(29)30)22-9-11-24(12-10-22)40-33(45)28-17-26(32(37)44)21(3)42(35(28)47)25-7-5-4-6-8-25/h4-12,17-20,23,34,46H,13-16H2,1-3H3,(H2,37,44)(H,40,45)(H2,36,38,39). The number of carbonyl (C=O) groups excluding carboxylic acids is 2. The zero-order valence-electron chi connectivity index (χ0n) is 26.6. The lowest BCUT2D eigenvalue weighted by Gasteiger charge is -2.36. The number of pyridine rings is 1. The van der Waals surface area contributed by atoms with Gasteiger partial charge in [0.25, 0.3) is 17.4 Å². The SMILES string of the molecule is Cc1c(C(N)=O)cc(C(=O)Nc2ccc(-c3cc(C4CCN(C(O)C(C)C)CC4)n4ncnc(N)c34)cc2)c(=O)n1-c1ccccc1. The highest BCUT2D eigenvalue weighted by atomic mass is 16.3. The second-order valence-corrected chi connectivity index (χ2v) is 12.3. The van der Waals surface area contributed by atoms with Crippen LogP contribution in [0.1, 0.15) is 64.7 Å². The summed E-state index contributed by atoms with van der Waals surface area (Å²) in [6.45, 7) is 7.21. The van der Waals surface area contributed by atoms with Crippen molar-refractivity contribution in [2.45, 2.75) is 45.8 Å². The molecule has 1 saturated heterocycles. The van der Waals surface area contributed by atoms with Crippen LogP contribution < -0.4 is 22.3 Å². The van der Waals surface area contributed by atoms with Crippen LogP contribution in [0.5, 0.6) is 0 Å². The van der Waals surface area contributed by atoms with E-state index in [9.17, 15) is 19.5 Å². The van der Waals surface area contributed by atoms with Crippen LogP contribution in [-0.2, 0) is 0 Å². The molecule has 1 aliphatic heterocycles. The third-order valence-corrected chi connectivity index (χ3v) is 8.95. The molecule has 0 radical (unpaired) electrons. The summed E-state index contributed by atoms with van der Waals surface area (Å²) in [5.41, 5.74) is 16.0. The maximum absolute atomic E-state index is 13.5. The van der Waals surface area contributed by atoms with Gasteiger partial charge in [0, 0.05) is 47.3 Å². The van der Waals surface area contributed by atoms with Gasteiger partial charge in [-0.1, -0.05) is 44.2 Å². The molecule has 0 aliphatic carbocycles. The van der Waals surface area contributed by atoms with Crippen molar-refractivity contribution in [2.75, 3.05) is 24.1 Å². The van der Waals surface area contributed by atoms with Crippen molar-refractivity contribution in [3.8, 4) is 16.8 Å². The number of rotatable bonds is 8. The van der Waals surface area contributed by atoms with E-state index in [0.29, 0.717) is 28.4 Å². The highest BCUT2D eigenvalue weighted by Gasteiger charge is 2.29. The van der Waals surface area contributed by atoms with Gasteiger partial charge in [0.1, 0.15) is 23.6 Å². The van der Waals surface area contributed by atoms with Gasteiger partial charge >= 0.3 is 0 Å². The molecule has 0 bridgehead atoms. The number of aliphatic hydroxyl groups is 1. The number of hydrogen-bond donors (Lipinski definition) is 4. The van der Waals surface area contributed by atoms with E-state index in [1.165, 1.54) is 17.0 Å². The predicted octanol–water partition coefficient (Wildman–Crippen LogP) is 3.94. The molecule has 0 spiro atoms. The van der Waals surface area contributed by atoms with E-state index in [4.69, 9.17) is 11.5 Å². The first-order valence-electron chi connectivity index (χ1n) is 15.6. The number of primary amides is 1. The average molecular weight is 635 g/mol. The summed E-state index contributed by atoms with van der Waals surface area (Å²) in [6, 6.07) is 19.3. The van der Waals surface area contributed by atoms with E-state index in [2.05, 4.69) is 26.4 Å². The van der Waals surface area contributed by atoms with Gasteiger partial charge in [-0.25, -0.2) is 9.50 Å². The van der Waals surface area contributed by atoms with Gasteiger partial charge in [-0.3, -0.25) is 23.9 Å². The maximum atomic E-state index is 13.5.